The third-order valence-corrected chi connectivity index (χ3v) is 6.49. The number of fused-ring (bicyclic) bond motifs is 2. The number of rotatable bonds is 5. The molecule has 0 unspecified atom stereocenters. The molecule has 1 aliphatic rings. The van der Waals surface area contributed by atoms with Gasteiger partial charge in [0.05, 0.1) is 16.1 Å². The lowest BCUT2D eigenvalue weighted by molar-refractivity contribution is 0.0950. The molecule has 1 amide bonds. The maximum absolute atomic E-state index is 12.9. The van der Waals surface area contributed by atoms with E-state index >= 15 is 0 Å². The van der Waals surface area contributed by atoms with Gasteiger partial charge in [-0.25, -0.2) is 13.4 Å². The Bertz CT molecular complexity index is 1170. The largest absolute Gasteiger partial charge is 0.412 e. The summed E-state index contributed by atoms with van der Waals surface area (Å²) >= 11 is 0. The summed E-state index contributed by atoms with van der Waals surface area (Å²) < 4.78 is 27.7. The minimum absolute atomic E-state index is 0. The van der Waals surface area contributed by atoms with Crippen molar-refractivity contribution in [1.29, 1.82) is 0 Å². The Morgan fingerprint density at radius 1 is 1.07 bits per heavy atom. The molecule has 150 valence electrons. The van der Waals surface area contributed by atoms with E-state index in [2.05, 4.69) is 10.3 Å². The molecule has 3 N–H and O–H groups in total. The van der Waals surface area contributed by atoms with Gasteiger partial charge in [0.1, 0.15) is 0 Å². The number of benzene rings is 2. The molecule has 0 radical (unpaired) electrons. The van der Waals surface area contributed by atoms with Gasteiger partial charge in [0.25, 0.3) is 5.91 Å². The van der Waals surface area contributed by atoms with Crippen molar-refractivity contribution in [3.05, 3.63) is 77.9 Å². The van der Waals surface area contributed by atoms with Crippen molar-refractivity contribution in [1.82, 2.24) is 14.9 Å². The fourth-order valence-corrected chi connectivity index (χ4v) is 4.89. The first kappa shape index (κ1) is 20.4. The summed E-state index contributed by atoms with van der Waals surface area (Å²) in [5.74, 6) is -0.734. The summed E-state index contributed by atoms with van der Waals surface area (Å²) in [7, 11) is -3.86. The van der Waals surface area contributed by atoms with Gasteiger partial charge in [-0.1, -0.05) is 12.1 Å². The van der Waals surface area contributed by atoms with Crippen molar-refractivity contribution in [2.45, 2.75) is 22.8 Å². The van der Waals surface area contributed by atoms with Crippen molar-refractivity contribution < 1.29 is 23.5 Å². The predicted octanol–water partition coefficient (Wildman–Crippen LogP) is 1.26. The number of imidazole rings is 1. The molecule has 0 aliphatic carbocycles. The van der Waals surface area contributed by atoms with Crippen molar-refractivity contribution in [3.63, 3.8) is 0 Å². The van der Waals surface area contributed by atoms with E-state index in [0.29, 0.717) is 19.5 Å². The van der Waals surface area contributed by atoms with Gasteiger partial charge < -0.3 is 15.4 Å². The molecule has 0 bridgehead atoms. The van der Waals surface area contributed by atoms with Crippen LogP contribution in [0.5, 0.6) is 0 Å². The predicted molar refractivity (Wildman–Crippen MR) is 105 cm³/mol. The van der Waals surface area contributed by atoms with Gasteiger partial charge in [0, 0.05) is 42.2 Å². The monoisotopic (exact) mass is 413 g/mol. The van der Waals surface area contributed by atoms with Gasteiger partial charge in [-0.3, -0.25) is 9.59 Å². The Morgan fingerprint density at radius 3 is 2.59 bits per heavy atom. The fourth-order valence-electron chi connectivity index (χ4n) is 3.21. The smallest absolute Gasteiger partial charge is 0.251 e. The minimum atomic E-state index is -3.86. The van der Waals surface area contributed by atoms with E-state index in [4.69, 9.17) is 0 Å². The lowest BCUT2D eigenvalue weighted by Gasteiger charge is -2.19. The van der Waals surface area contributed by atoms with Crippen molar-refractivity contribution in [2.75, 3.05) is 6.54 Å². The quantitative estimate of drug-likeness (QED) is 0.492. The van der Waals surface area contributed by atoms with Crippen LogP contribution in [-0.2, 0) is 16.4 Å². The van der Waals surface area contributed by atoms with E-state index in [9.17, 15) is 18.0 Å². The second kappa shape index (κ2) is 7.98. The number of carbonyl (C=O) groups is 2. The van der Waals surface area contributed by atoms with Crippen LogP contribution < -0.4 is 5.32 Å². The van der Waals surface area contributed by atoms with Crippen molar-refractivity contribution in [2.24, 2.45) is 0 Å². The molecule has 1 aliphatic heterocycles. The number of sulfone groups is 1. The number of hydrogen-bond donors (Lipinski definition) is 1. The van der Waals surface area contributed by atoms with Gasteiger partial charge in [0.2, 0.25) is 9.84 Å². The number of aryl methyl sites for hydroxylation is 1. The highest BCUT2D eigenvalue weighted by Gasteiger charge is 2.34. The van der Waals surface area contributed by atoms with Crippen LogP contribution in [0.3, 0.4) is 0 Å². The molecule has 0 spiro atoms. The van der Waals surface area contributed by atoms with Crippen LogP contribution in [0.4, 0.5) is 0 Å². The van der Waals surface area contributed by atoms with E-state index in [0.717, 1.165) is 0 Å². The highest BCUT2D eigenvalue weighted by atomic mass is 32.2. The second-order valence-electron chi connectivity index (χ2n) is 6.45. The van der Waals surface area contributed by atoms with E-state index in [1.807, 2.05) is 10.8 Å². The standard InChI is InChI=1S/C20H17N3O4S.H2O/c24-19-15-4-1-2-5-17(15)28(26,27)18-12-14(6-7-16(18)19)20(25)22-8-3-10-23-11-9-21-13-23;/h1-2,4-7,9,11-13H,3,8,10H2,(H,22,25);1H2. The Kier molecular flexibility index (Phi) is 5.62. The average molecular weight is 413 g/mol. The normalized spacial score (nSPS) is 13.7. The Labute approximate surface area is 167 Å². The summed E-state index contributed by atoms with van der Waals surface area (Å²) in [5, 5.41) is 2.77. The molecule has 2 heterocycles. The lowest BCUT2D eigenvalue weighted by Crippen LogP contribution is -2.26. The van der Waals surface area contributed by atoms with Gasteiger partial charge in [-0.05, 0) is 36.8 Å². The first-order chi connectivity index (χ1) is 13.5. The van der Waals surface area contributed by atoms with Crippen LogP contribution >= 0.6 is 0 Å². The summed E-state index contributed by atoms with van der Waals surface area (Å²) in [5.41, 5.74) is 0.458. The van der Waals surface area contributed by atoms with Crippen molar-refractivity contribution >= 4 is 21.5 Å². The molecule has 0 fully saturated rings. The highest BCUT2D eigenvalue weighted by Crippen LogP contribution is 2.34. The van der Waals surface area contributed by atoms with Crippen LogP contribution in [0.2, 0.25) is 0 Å². The topological polar surface area (TPSA) is 130 Å². The molecular formula is C20H19N3O5S. The van der Waals surface area contributed by atoms with Gasteiger partial charge in [-0.15, -0.1) is 0 Å². The minimum Gasteiger partial charge on any atom is -0.412 e. The molecule has 4 rings (SSSR count). The number of aromatic nitrogens is 2. The SMILES string of the molecule is O.O=C(NCCCn1ccnc1)c1ccc2c(c1)S(=O)(=O)c1ccccc1C2=O. The van der Waals surface area contributed by atoms with Gasteiger partial charge in [-0.2, -0.15) is 0 Å². The Morgan fingerprint density at radius 2 is 1.83 bits per heavy atom. The molecule has 0 saturated carbocycles. The summed E-state index contributed by atoms with van der Waals surface area (Å²) in [6.45, 7) is 1.15. The molecular weight excluding hydrogens is 394 g/mol. The molecule has 3 aromatic rings. The van der Waals surface area contributed by atoms with Crippen LogP contribution in [-0.4, -0.2) is 41.7 Å². The molecule has 2 aromatic carbocycles. The number of ketones is 1. The van der Waals surface area contributed by atoms with E-state index in [1.54, 1.807) is 24.7 Å². The molecule has 9 heteroatoms. The molecule has 1 aromatic heterocycles. The molecule has 8 nitrogen and oxygen atoms in total. The van der Waals surface area contributed by atoms with Crippen LogP contribution in [0.1, 0.15) is 32.7 Å². The summed E-state index contributed by atoms with van der Waals surface area (Å²) in [4.78, 5) is 28.9. The number of carbonyl (C=O) groups excluding carboxylic acids is 2. The Hall–Kier alpha value is -3.30. The van der Waals surface area contributed by atoms with Crippen LogP contribution in [0.15, 0.2) is 71.0 Å². The first-order valence-corrected chi connectivity index (χ1v) is 10.2. The third-order valence-electron chi connectivity index (χ3n) is 4.64. The van der Waals surface area contributed by atoms with Gasteiger partial charge >= 0.3 is 0 Å². The maximum Gasteiger partial charge on any atom is 0.251 e. The highest BCUT2D eigenvalue weighted by molar-refractivity contribution is 7.91. The summed E-state index contributed by atoms with van der Waals surface area (Å²) in [6, 6.07) is 10.3. The van der Waals surface area contributed by atoms with Crippen molar-refractivity contribution in [3.8, 4) is 0 Å². The second-order valence-corrected chi connectivity index (χ2v) is 8.34. The van der Waals surface area contributed by atoms with Crippen LogP contribution in [0.25, 0.3) is 0 Å². The summed E-state index contributed by atoms with van der Waals surface area (Å²) in [6.07, 6.45) is 5.93. The maximum atomic E-state index is 12.9. The number of nitrogens with zero attached hydrogens (tertiary/aromatic N) is 2. The average Bonchev–Trinajstić information content (AvgIpc) is 3.23. The third kappa shape index (κ3) is 3.69. The zero-order valence-electron chi connectivity index (χ0n) is 15.3. The van der Waals surface area contributed by atoms with Gasteiger partial charge in [0.15, 0.2) is 5.78 Å². The van der Waals surface area contributed by atoms with Crippen LogP contribution in [0, 0.1) is 0 Å². The Balaban J connectivity index is 0.00000240. The number of amides is 1. The van der Waals surface area contributed by atoms with E-state index < -0.39 is 9.84 Å². The molecule has 0 saturated heterocycles. The van der Waals surface area contributed by atoms with E-state index in [-0.39, 0.29) is 43.6 Å². The van der Waals surface area contributed by atoms with E-state index in [1.165, 1.54) is 30.3 Å². The fraction of sp³-hybridized carbons (Fsp3) is 0.150. The zero-order valence-corrected chi connectivity index (χ0v) is 16.1. The lowest BCUT2D eigenvalue weighted by atomic mass is 10.0. The molecule has 0 atom stereocenters. The first-order valence-electron chi connectivity index (χ1n) is 8.75. The number of nitrogens with one attached hydrogen (secondary N) is 1. The molecule has 29 heavy (non-hydrogen) atoms. The zero-order chi connectivity index (χ0) is 19.7. The number of hydrogen-bond acceptors (Lipinski definition) is 5.